The summed E-state index contributed by atoms with van der Waals surface area (Å²) in [6.07, 6.45) is 10.2. The molecule has 2 unspecified atom stereocenters. The number of allylic oxidation sites excluding steroid dienone is 1. The number of H-pyrrole nitrogens is 1. The molecule has 2 aromatic heterocycles. The Hall–Kier alpha value is -2.91. The lowest BCUT2D eigenvalue weighted by atomic mass is 9.95. The van der Waals surface area contributed by atoms with Crippen LogP contribution in [0.15, 0.2) is 72.6 Å². The van der Waals surface area contributed by atoms with Crippen LogP contribution in [-0.4, -0.2) is 15.1 Å². The van der Waals surface area contributed by atoms with Crippen LogP contribution < -0.4 is 10.6 Å². The van der Waals surface area contributed by atoms with E-state index >= 15 is 0 Å². The van der Waals surface area contributed by atoms with E-state index in [0.29, 0.717) is 5.92 Å². The summed E-state index contributed by atoms with van der Waals surface area (Å²) in [6, 6.07) is 16.2. The zero-order valence-corrected chi connectivity index (χ0v) is 14.8. The molecule has 0 fully saturated rings. The maximum absolute atomic E-state index is 10.9. The van der Waals surface area contributed by atoms with Crippen LogP contribution in [-0.2, 0) is 0 Å². The van der Waals surface area contributed by atoms with Crippen molar-refractivity contribution in [1.29, 1.82) is 0 Å². The van der Waals surface area contributed by atoms with Crippen molar-refractivity contribution in [2.24, 2.45) is 5.92 Å². The lowest BCUT2D eigenvalue weighted by molar-refractivity contribution is 0.220. The van der Waals surface area contributed by atoms with Crippen molar-refractivity contribution in [3.05, 3.63) is 88.7 Å². The summed E-state index contributed by atoms with van der Waals surface area (Å²) in [7, 11) is 0. The van der Waals surface area contributed by atoms with Gasteiger partial charge in [-0.05, 0) is 41.7 Å². The van der Waals surface area contributed by atoms with E-state index in [0.717, 1.165) is 39.4 Å². The summed E-state index contributed by atoms with van der Waals surface area (Å²) in [6.45, 7) is 2.17. The van der Waals surface area contributed by atoms with E-state index in [4.69, 9.17) is 0 Å². The average Bonchev–Trinajstić information content (AvgIpc) is 3.07. The first-order chi connectivity index (χ1) is 12.7. The van der Waals surface area contributed by atoms with E-state index in [1.54, 1.807) is 12.4 Å². The molecule has 2 N–H and O–H groups in total. The summed E-state index contributed by atoms with van der Waals surface area (Å²) in [5.74, 6) is 0.351. The van der Waals surface area contributed by atoms with Gasteiger partial charge in [0.05, 0.1) is 0 Å². The molecule has 0 saturated carbocycles. The van der Waals surface area contributed by atoms with Crippen LogP contribution in [0.3, 0.4) is 0 Å². The normalized spacial score (nSPS) is 17.8. The minimum Gasteiger partial charge on any atom is -0.384 e. The molecule has 1 aromatic carbocycles. The highest BCUT2D eigenvalue weighted by atomic mass is 16.3. The number of hydrogen-bond acceptors (Lipinski definition) is 2. The molecule has 0 saturated heterocycles. The number of nitrogens with zero attached hydrogens (tertiary/aromatic N) is 1. The predicted octanol–water partition coefficient (Wildman–Crippen LogP) is 3.34. The van der Waals surface area contributed by atoms with Gasteiger partial charge in [-0.2, -0.15) is 0 Å². The van der Waals surface area contributed by atoms with Gasteiger partial charge in [-0.25, -0.2) is 0 Å². The standard InChI is InChI=1S/C23H22N2O/c1-16-9-10-21-19(14-22(25-21)17-6-3-2-4-7-17)13-20(12-16)23(26)18-8-5-11-24-15-18/h2-8,10-16,23,25-26H,9H2,1H3. The Morgan fingerprint density at radius 2 is 2.00 bits per heavy atom. The molecule has 1 aliphatic rings. The number of fused-ring (bicyclic) bond motifs is 1. The quantitative estimate of drug-likeness (QED) is 0.767. The number of aliphatic hydroxyl groups excluding tert-OH is 1. The van der Waals surface area contributed by atoms with Gasteiger partial charge in [0.25, 0.3) is 0 Å². The van der Waals surface area contributed by atoms with E-state index in [1.807, 2.05) is 30.3 Å². The van der Waals surface area contributed by atoms with Crippen LogP contribution in [0.25, 0.3) is 23.4 Å². The van der Waals surface area contributed by atoms with Crippen LogP contribution >= 0.6 is 0 Å². The van der Waals surface area contributed by atoms with Gasteiger partial charge in [0, 0.05) is 34.2 Å². The second-order valence-corrected chi connectivity index (χ2v) is 6.84. The summed E-state index contributed by atoms with van der Waals surface area (Å²) in [5, 5.41) is 13.1. The summed E-state index contributed by atoms with van der Waals surface area (Å²) < 4.78 is 0. The van der Waals surface area contributed by atoms with Crippen molar-refractivity contribution >= 4 is 12.2 Å². The van der Waals surface area contributed by atoms with Crippen LogP contribution in [0, 0.1) is 5.92 Å². The number of pyridine rings is 1. The fraction of sp³-hybridized carbons (Fsp3) is 0.174. The number of aliphatic hydroxyl groups is 1. The van der Waals surface area contributed by atoms with Crippen molar-refractivity contribution in [2.45, 2.75) is 19.4 Å². The highest BCUT2D eigenvalue weighted by Gasteiger charge is 2.14. The lowest BCUT2D eigenvalue weighted by Gasteiger charge is -2.15. The summed E-state index contributed by atoms with van der Waals surface area (Å²) >= 11 is 0. The van der Waals surface area contributed by atoms with E-state index in [2.05, 4.69) is 53.3 Å². The zero-order valence-electron chi connectivity index (χ0n) is 14.8. The molecule has 0 bridgehead atoms. The lowest BCUT2D eigenvalue weighted by Crippen LogP contribution is -2.24. The van der Waals surface area contributed by atoms with Crippen LogP contribution in [0.4, 0.5) is 0 Å². The van der Waals surface area contributed by atoms with Gasteiger partial charge in [-0.15, -0.1) is 0 Å². The molecule has 130 valence electrons. The summed E-state index contributed by atoms with van der Waals surface area (Å²) in [5.41, 5.74) is 3.98. The molecule has 2 atom stereocenters. The van der Waals surface area contributed by atoms with Crippen molar-refractivity contribution in [1.82, 2.24) is 9.97 Å². The molecular formula is C23H22N2O. The molecular weight excluding hydrogens is 320 g/mol. The molecule has 4 rings (SSSR count). The van der Waals surface area contributed by atoms with Crippen LogP contribution in [0.2, 0.25) is 0 Å². The first-order valence-electron chi connectivity index (χ1n) is 8.97. The number of rotatable bonds is 3. The van der Waals surface area contributed by atoms with Gasteiger partial charge in [0.2, 0.25) is 0 Å². The van der Waals surface area contributed by atoms with E-state index < -0.39 is 6.10 Å². The van der Waals surface area contributed by atoms with E-state index in [-0.39, 0.29) is 0 Å². The van der Waals surface area contributed by atoms with Crippen molar-refractivity contribution < 1.29 is 5.11 Å². The monoisotopic (exact) mass is 342 g/mol. The smallest absolute Gasteiger partial charge is 0.105 e. The second-order valence-electron chi connectivity index (χ2n) is 6.84. The first-order valence-corrected chi connectivity index (χ1v) is 8.97. The number of benzene rings is 1. The fourth-order valence-electron chi connectivity index (χ4n) is 3.38. The number of hydrogen-bond donors (Lipinski definition) is 2. The van der Waals surface area contributed by atoms with Gasteiger partial charge >= 0.3 is 0 Å². The topological polar surface area (TPSA) is 48.9 Å². The SMILES string of the molecule is CC1C=C(C(O)c2cccnc2)C=c2cc(-c3ccccc3)[nH]c2=CC1. The molecule has 3 heteroatoms. The van der Waals surface area contributed by atoms with Crippen LogP contribution in [0.5, 0.6) is 0 Å². The van der Waals surface area contributed by atoms with Crippen molar-refractivity contribution in [3.8, 4) is 11.3 Å². The van der Waals surface area contributed by atoms with Gasteiger partial charge in [0.1, 0.15) is 6.10 Å². The minimum atomic E-state index is -0.674. The minimum absolute atomic E-state index is 0.351. The Kier molecular flexibility index (Phi) is 4.55. The third kappa shape index (κ3) is 3.39. The summed E-state index contributed by atoms with van der Waals surface area (Å²) in [4.78, 5) is 7.67. The molecule has 0 radical (unpaired) electrons. The molecule has 3 aromatic rings. The second kappa shape index (κ2) is 7.14. The first kappa shape index (κ1) is 16.6. The Morgan fingerprint density at radius 1 is 1.15 bits per heavy atom. The van der Waals surface area contributed by atoms with Gasteiger partial charge in [0.15, 0.2) is 0 Å². The molecule has 0 spiro atoms. The number of nitrogens with one attached hydrogen (secondary N) is 1. The van der Waals surface area contributed by atoms with Crippen molar-refractivity contribution in [2.75, 3.05) is 0 Å². The molecule has 0 aliphatic heterocycles. The maximum Gasteiger partial charge on any atom is 0.105 e. The Morgan fingerprint density at radius 3 is 2.77 bits per heavy atom. The predicted molar refractivity (Wildman–Crippen MR) is 105 cm³/mol. The molecule has 1 aliphatic carbocycles. The Labute approximate surface area is 153 Å². The zero-order chi connectivity index (χ0) is 17.9. The third-order valence-corrected chi connectivity index (χ3v) is 4.77. The largest absolute Gasteiger partial charge is 0.384 e. The Balaban J connectivity index is 1.81. The maximum atomic E-state index is 10.9. The molecule has 3 nitrogen and oxygen atoms in total. The van der Waals surface area contributed by atoms with Gasteiger partial charge < -0.3 is 10.1 Å². The molecule has 26 heavy (non-hydrogen) atoms. The third-order valence-electron chi connectivity index (χ3n) is 4.77. The van der Waals surface area contributed by atoms with E-state index in [9.17, 15) is 5.11 Å². The number of aromatic nitrogens is 2. The van der Waals surface area contributed by atoms with Crippen LogP contribution in [0.1, 0.15) is 25.0 Å². The number of aromatic amines is 1. The van der Waals surface area contributed by atoms with Gasteiger partial charge in [-0.3, -0.25) is 4.98 Å². The average molecular weight is 342 g/mol. The highest BCUT2D eigenvalue weighted by Crippen LogP contribution is 2.25. The van der Waals surface area contributed by atoms with E-state index in [1.165, 1.54) is 0 Å². The fourth-order valence-corrected chi connectivity index (χ4v) is 3.38. The Bertz CT molecular complexity index is 1030. The molecule has 0 amide bonds. The van der Waals surface area contributed by atoms with Crippen molar-refractivity contribution in [3.63, 3.8) is 0 Å². The van der Waals surface area contributed by atoms with Gasteiger partial charge in [-0.1, -0.05) is 55.5 Å². The molecule has 2 heterocycles. The highest BCUT2D eigenvalue weighted by molar-refractivity contribution is 5.62.